The molecule has 0 radical (unpaired) electrons. The van der Waals surface area contributed by atoms with Gasteiger partial charge in [-0.25, -0.2) is 4.39 Å². The molecule has 5 rings (SSSR count). The minimum Gasteiger partial charge on any atom is -0.467 e. The van der Waals surface area contributed by atoms with Crippen molar-refractivity contribution in [3.05, 3.63) is 48.2 Å². The number of halogens is 1. The topological polar surface area (TPSA) is 76.1 Å². The summed E-state index contributed by atoms with van der Waals surface area (Å²) < 4.78 is 21.1. The number of aryl methyl sites for hydroxylation is 1. The van der Waals surface area contributed by atoms with Gasteiger partial charge in [0, 0.05) is 55.7 Å². The zero-order chi connectivity index (χ0) is 20.7. The lowest BCUT2D eigenvalue weighted by atomic mass is 10.00. The van der Waals surface area contributed by atoms with Gasteiger partial charge >= 0.3 is 6.01 Å². The van der Waals surface area contributed by atoms with E-state index in [1.165, 1.54) is 7.11 Å². The third-order valence-corrected chi connectivity index (χ3v) is 5.49. The molecule has 1 saturated heterocycles. The molecule has 30 heavy (non-hydrogen) atoms. The highest BCUT2D eigenvalue weighted by atomic mass is 19.1. The Hall–Kier alpha value is -3.39. The molecular weight excluding hydrogens is 383 g/mol. The van der Waals surface area contributed by atoms with E-state index >= 15 is 4.39 Å². The SMILES string of the molecule is COc1nc(N2CCNCC2)c2cnc(-c3cncc4cccc(C)c34)c(F)c2n1. The summed E-state index contributed by atoms with van der Waals surface area (Å²) in [4.78, 5) is 19.7. The first-order chi connectivity index (χ1) is 14.7. The smallest absolute Gasteiger partial charge is 0.318 e. The first-order valence-corrected chi connectivity index (χ1v) is 9.87. The summed E-state index contributed by atoms with van der Waals surface area (Å²) in [6.07, 6.45) is 5.09. The molecule has 0 unspecified atom stereocenters. The van der Waals surface area contributed by atoms with Crippen molar-refractivity contribution in [3.63, 3.8) is 0 Å². The quantitative estimate of drug-likeness (QED) is 0.562. The zero-order valence-electron chi connectivity index (χ0n) is 16.8. The van der Waals surface area contributed by atoms with Gasteiger partial charge in [-0.1, -0.05) is 18.2 Å². The Kier molecular flexibility index (Phi) is 4.63. The highest BCUT2D eigenvalue weighted by molar-refractivity contribution is 6.00. The van der Waals surface area contributed by atoms with Crippen LogP contribution in [0.2, 0.25) is 0 Å². The number of ether oxygens (including phenoxy) is 1. The number of fused-ring (bicyclic) bond motifs is 2. The lowest BCUT2D eigenvalue weighted by Crippen LogP contribution is -2.44. The third-order valence-electron chi connectivity index (χ3n) is 5.49. The molecule has 3 aromatic heterocycles. The fraction of sp³-hybridized carbons (Fsp3) is 0.273. The summed E-state index contributed by atoms with van der Waals surface area (Å²) in [6.45, 7) is 5.21. The van der Waals surface area contributed by atoms with Gasteiger partial charge < -0.3 is 15.0 Å². The summed E-state index contributed by atoms with van der Waals surface area (Å²) in [5.41, 5.74) is 2.10. The van der Waals surface area contributed by atoms with Gasteiger partial charge in [0.05, 0.1) is 12.5 Å². The van der Waals surface area contributed by atoms with Crippen LogP contribution in [0, 0.1) is 12.7 Å². The van der Waals surface area contributed by atoms with Gasteiger partial charge in [0.15, 0.2) is 5.82 Å². The lowest BCUT2D eigenvalue weighted by molar-refractivity contribution is 0.381. The second-order valence-electron chi connectivity index (χ2n) is 7.31. The molecule has 0 spiro atoms. The minimum atomic E-state index is -0.498. The van der Waals surface area contributed by atoms with Crippen LogP contribution < -0.4 is 15.0 Å². The zero-order valence-corrected chi connectivity index (χ0v) is 16.8. The fourth-order valence-corrected chi connectivity index (χ4v) is 4.02. The second kappa shape index (κ2) is 7.46. The Morgan fingerprint density at radius 3 is 2.73 bits per heavy atom. The van der Waals surface area contributed by atoms with E-state index in [-0.39, 0.29) is 17.2 Å². The number of methoxy groups -OCH3 is 1. The maximum Gasteiger partial charge on any atom is 0.318 e. The van der Waals surface area contributed by atoms with E-state index in [0.29, 0.717) is 16.8 Å². The van der Waals surface area contributed by atoms with E-state index < -0.39 is 5.82 Å². The van der Waals surface area contributed by atoms with Crippen LogP contribution in [0.4, 0.5) is 10.2 Å². The van der Waals surface area contributed by atoms with Crippen molar-refractivity contribution < 1.29 is 9.13 Å². The van der Waals surface area contributed by atoms with Gasteiger partial charge in [-0.3, -0.25) is 9.97 Å². The van der Waals surface area contributed by atoms with Gasteiger partial charge in [0.2, 0.25) is 0 Å². The standard InChI is InChI=1S/C22H21FN6O/c1-13-4-3-5-14-10-25-11-15(17(13)14)19-18(23)20-16(12-26-19)21(28-22(27-20)30-2)29-8-6-24-7-9-29/h3-5,10-12,24H,6-9H2,1-2H3. The largest absolute Gasteiger partial charge is 0.467 e. The molecule has 0 amide bonds. The van der Waals surface area contributed by atoms with Crippen LogP contribution in [-0.4, -0.2) is 53.2 Å². The molecule has 1 fully saturated rings. The van der Waals surface area contributed by atoms with Crippen molar-refractivity contribution >= 4 is 27.5 Å². The van der Waals surface area contributed by atoms with Crippen molar-refractivity contribution in [2.75, 3.05) is 38.2 Å². The number of nitrogens with one attached hydrogen (secondary N) is 1. The van der Waals surface area contributed by atoms with Crippen molar-refractivity contribution in [1.82, 2.24) is 25.3 Å². The third kappa shape index (κ3) is 3.00. The highest BCUT2D eigenvalue weighted by Gasteiger charge is 2.22. The van der Waals surface area contributed by atoms with Crippen molar-refractivity contribution in [3.8, 4) is 17.3 Å². The van der Waals surface area contributed by atoms with E-state index in [4.69, 9.17) is 4.74 Å². The average Bonchev–Trinajstić information content (AvgIpc) is 2.79. The Bertz CT molecular complexity index is 1250. The number of aromatic nitrogens is 4. The summed E-state index contributed by atoms with van der Waals surface area (Å²) in [5.74, 6) is 0.144. The van der Waals surface area contributed by atoms with Crippen molar-refractivity contribution in [2.24, 2.45) is 0 Å². The molecule has 1 N–H and O–H groups in total. The number of benzene rings is 1. The molecule has 1 aromatic carbocycles. The Labute approximate surface area is 173 Å². The van der Waals surface area contributed by atoms with Crippen LogP contribution in [0.3, 0.4) is 0 Å². The number of rotatable bonds is 3. The van der Waals surface area contributed by atoms with E-state index in [9.17, 15) is 0 Å². The van der Waals surface area contributed by atoms with Crippen molar-refractivity contribution in [1.29, 1.82) is 0 Å². The van der Waals surface area contributed by atoms with Crippen LogP contribution in [0.1, 0.15) is 5.56 Å². The second-order valence-corrected chi connectivity index (χ2v) is 7.31. The molecule has 0 bridgehead atoms. The minimum absolute atomic E-state index is 0.138. The number of anilines is 1. The molecule has 1 aliphatic heterocycles. The molecule has 0 aliphatic carbocycles. The molecule has 4 aromatic rings. The van der Waals surface area contributed by atoms with Crippen LogP contribution in [0.15, 0.2) is 36.8 Å². The number of hydrogen-bond donors (Lipinski definition) is 1. The predicted molar refractivity (Wildman–Crippen MR) is 114 cm³/mol. The number of hydrogen-bond acceptors (Lipinski definition) is 7. The Balaban J connectivity index is 1.76. The summed E-state index contributed by atoms with van der Waals surface area (Å²) in [7, 11) is 1.49. The monoisotopic (exact) mass is 404 g/mol. The van der Waals surface area contributed by atoms with Gasteiger partial charge in [-0.05, 0) is 17.9 Å². The number of pyridine rings is 2. The van der Waals surface area contributed by atoms with Crippen molar-refractivity contribution in [2.45, 2.75) is 6.92 Å². The fourth-order valence-electron chi connectivity index (χ4n) is 4.02. The Morgan fingerprint density at radius 1 is 1.10 bits per heavy atom. The molecule has 1 aliphatic rings. The summed E-state index contributed by atoms with van der Waals surface area (Å²) in [5, 5.41) is 5.76. The van der Waals surface area contributed by atoms with Crippen LogP contribution in [0.5, 0.6) is 6.01 Å². The molecule has 4 heterocycles. The predicted octanol–water partition coefficient (Wildman–Crippen LogP) is 3.11. The summed E-state index contributed by atoms with van der Waals surface area (Å²) in [6, 6.07) is 6.06. The van der Waals surface area contributed by atoms with Gasteiger partial charge in [-0.2, -0.15) is 9.97 Å². The van der Waals surface area contributed by atoms with Crippen LogP contribution >= 0.6 is 0 Å². The van der Waals surface area contributed by atoms with E-state index in [1.54, 1.807) is 18.6 Å². The average molecular weight is 404 g/mol. The molecule has 152 valence electrons. The molecule has 0 atom stereocenters. The van der Waals surface area contributed by atoms with Crippen LogP contribution in [0.25, 0.3) is 32.9 Å². The van der Waals surface area contributed by atoms with E-state index in [2.05, 4.69) is 30.2 Å². The number of piperazine rings is 1. The molecule has 7 nitrogen and oxygen atoms in total. The lowest BCUT2D eigenvalue weighted by Gasteiger charge is -2.29. The van der Waals surface area contributed by atoms with E-state index in [0.717, 1.165) is 42.5 Å². The first-order valence-electron chi connectivity index (χ1n) is 9.87. The Morgan fingerprint density at radius 2 is 1.93 bits per heavy atom. The maximum atomic E-state index is 15.8. The molecular formula is C22H21FN6O. The van der Waals surface area contributed by atoms with Crippen LogP contribution in [-0.2, 0) is 0 Å². The van der Waals surface area contributed by atoms with Gasteiger partial charge in [0.25, 0.3) is 0 Å². The first kappa shape index (κ1) is 18.6. The van der Waals surface area contributed by atoms with E-state index in [1.807, 2.05) is 25.1 Å². The van der Waals surface area contributed by atoms with Gasteiger partial charge in [0.1, 0.15) is 17.0 Å². The maximum absolute atomic E-state index is 15.8. The number of nitrogens with zero attached hydrogens (tertiary/aromatic N) is 5. The molecule has 0 saturated carbocycles. The normalized spacial score (nSPS) is 14.4. The summed E-state index contributed by atoms with van der Waals surface area (Å²) >= 11 is 0. The molecule has 8 heteroatoms. The highest BCUT2D eigenvalue weighted by Crippen LogP contribution is 2.35. The van der Waals surface area contributed by atoms with Gasteiger partial charge in [-0.15, -0.1) is 0 Å².